The summed E-state index contributed by atoms with van der Waals surface area (Å²) < 4.78 is 5.16. The van der Waals surface area contributed by atoms with Crippen LogP contribution in [-0.2, 0) is 4.74 Å². The molecule has 0 unspecified atom stereocenters. The topological polar surface area (TPSA) is 42.4 Å². The zero-order chi connectivity index (χ0) is 15.2. The van der Waals surface area contributed by atoms with Crippen LogP contribution in [0.15, 0.2) is 30.3 Å². The highest BCUT2D eigenvalue weighted by Crippen LogP contribution is 2.33. The van der Waals surface area contributed by atoms with Crippen molar-refractivity contribution in [3.05, 3.63) is 35.2 Å². The molecule has 0 aliphatic heterocycles. The molecule has 4 nitrogen and oxygen atoms in total. The molecule has 0 radical (unpaired) electrons. The van der Waals surface area contributed by atoms with E-state index in [2.05, 4.69) is 23.7 Å². The number of carbonyl (C=O) groups excluding carboxylic acids is 1. The lowest BCUT2D eigenvalue weighted by molar-refractivity contribution is 0.0532. The van der Waals surface area contributed by atoms with Crippen molar-refractivity contribution in [2.75, 3.05) is 24.6 Å². The fourth-order valence-corrected chi connectivity index (χ4v) is 3.17. The van der Waals surface area contributed by atoms with E-state index in [1.165, 1.54) is 11.3 Å². The predicted octanol–water partition coefficient (Wildman–Crippen LogP) is 3.83. The summed E-state index contributed by atoms with van der Waals surface area (Å²) >= 11 is 1.40. The number of rotatable bonds is 6. The first-order chi connectivity index (χ1) is 10.2. The molecular weight excluding hydrogens is 284 g/mol. The molecule has 2 aromatic rings. The number of ether oxygens (including phenoxy) is 1. The third-order valence-electron chi connectivity index (χ3n) is 3.16. The maximum absolute atomic E-state index is 12.2. The second-order valence-electron chi connectivity index (χ2n) is 4.43. The van der Waals surface area contributed by atoms with Gasteiger partial charge < -0.3 is 9.64 Å². The van der Waals surface area contributed by atoms with Crippen LogP contribution in [0.2, 0.25) is 0 Å². The maximum atomic E-state index is 12.2. The van der Waals surface area contributed by atoms with Gasteiger partial charge in [0.05, 0.1) is 12.3 Å². The summed E-state index contributed by atoms with van der Waals surface area (Å²) in [7, 11) is 0. The second kappa shape index (κ2) is 7.22. The standard InChI is InChI=1S/C16H20N2O2S/c1-4-18(5-2)16-17-13(12-10-8-7-9-11-12)14(21-16)15(19)20-6-3/h7-11H,4-6H2,1-3H3. The Morgan fingerprint density at radius 2 is 1.86 bits per heavy atom. The average Bonchev–Trinajstić information content (AvgIpc) is 2.95. The van der Waals surface area contributed by atoms with Crippen molar-refractivity contribution in [1.29, 1.82) is 0 Å². The van der Waals surface area contributed by atoms with Gasteiger partial charge in [0, 0.05) is 18.7 Å². The lowest BCUT2D eigenvalue weighted by Gasteiger charge is -2.16. The van der Waals surface area contributed by atoms with Gasteiger partial charge in [-0.2, -0.15) is 0 Å². The number of aromatic nitrogens is 1. The Kier molecular flexibility index (Phi) is 5.33. The Balaban J connectivity index is 2.48. The number of thiazole rings is 1. The van der Waals surface area contributed by atoms with E-state index in [0.717, 1.165) is 23.8 Å². The average molecular weight is 304 g/mol. The number of esters is 1. The van der Waals surface area contributed by atoms with Gasteiger partial charge in [-0.05, 0) is 20.8 Å². The van der Waals surface area contributed by atoms with Crippen molar-refractivity contribution in [3.8, 4) is 11.3 Å². The summed E-state index contributed by atoms with van der Waals surface area (Å²) in [5.41, 5.74) is 1.65. The van der Waals surface area contributed by atoms with Crippen LogP contribution in [0.3, 0.4) is 0 Å². The Morgan fingerprint density at radius 3 is 2.43 bits per heavy atom. The second-order valence-corrected chi connectivity index (χ2v) is 5.41. The van der Waals surface area contributed by atoms with Crippen molar-refractivity contribution >= 4 is 22.4 Å². The minimum Gasteiger partial charge on any atom is -0.462 e. The van der Waals surface area contributed by atoms with Gasteiger partial charge in [0.2, 0.25) is 0 Å². The van der Waals surface area contributed by atoms with Crippen LogP contribution >= 0.6 is 11.3 Å². The first kappa shape index (κ1) is 15.5. The fourth-order valence-electron chi connectivity index (χ4n) is 2.06. The normalized spacial score (nSPS) is 10.4. The van der Waals surface area contributed by atoms with E-state index in [0.29, 0.717) is 17.2 Å². The lowest BCUT2D eigenvalue weighted by Crippen LogP contribution is -2.21. The van der Waals surface area contributed by atoms with Crippen LogP contribution in [0, 0.1) is 0 Å². The first-order valence-corrected chi connectivity index (χ1v) is 8.01. The minimum atomic E-state index is -0.299. The molecule has 0 aliphatic rings. The van der Waals surface area contributed by atoms with E-state index in [1.54, 1.807) is 0 Å². The zero-order valence-corrected chi connectivity index (χ0v) is 13.4. The molecule has 2 rings (SSSR count). The van der Waals surface area contributed by atoms with Crippen molar-refractivity contribution in [2.45, 2.75) is 20.8 Å². The zero-order valence-electron chi connectivity index (χ0n) is 12.6. The van der Waals surface area contributed by atoms with Crippen LogP contribution in [0.1, 0.15) is 30.4 Å². The minimum absolute atomic E-state index is 0.299. The molecule has 5 heteroatoms. The van der Waals surface area contributed by atoms with Gasteiger partial charge in [-0.1, -0.05) is 41.7 Å². The maximum Gasteiger partial charge on any atom is 0.350 e. The highest BCUT2D eigenvalue weighted by molar-refractivity contribution is 7.17. The van der Waals surface area contributed by atoms with E-state index < -0.39 is 0 Å². The van der Waals surface area contributed by atoms with Gasteiger partial charge in [0.1, 0.15) is 4.88 Å². The highest BCUT2D eigenvalue weighted by atomic mass is 32.1. The van der Waals surface area contributed by atoms with Gasteiger partial charge in [-0.15, -0.1) is 0 Å². The molecular formula is C16H20N2O2S. The lowest BCUT2D eigenvalue weighted by atomic mass is 10.1. The van der Waals surface area contributed by atoms with E-state index in [9.17, 15) is 4.79 Å². The van der Waals surface area contributed by atoms with Gasteiger partial charge >= 0.3 is 5.97 Å². The smallest absolute Gasteiger partial charge is 0.350 e. The molecule has 1 aromatic carbocycles. The summed E-state index contributed by atoms with van der Waals surface area (Å²) in [6, 6.07) is 9.76. The Bertz CT molecular complexity index is 592. The van der Waals surface area contributed by atoms with Gasteiger partial charge in [0.25, 0.3) is 0 Å². The summed E-state index contributed by atoms with van der Waals surface area (Å²) in [4.78, 5) is 19.6. The van der Waals surface area contributed by atoms with Crippen molar-refractivity contribution in [3.63, 3.8) is 0 Å². The number of nitrogens with zero attached hydrogens (tertiary/aromatic N) is 2. The molecule has 0 amide bonds. The third kappa shape index (κ3) is 3.42. The molecule has 21 heavy (non-hydrogen) atoms. The molecule has 0 aliphatic carbocycles. The van der Waals surface area contributed by atoms with Crippen molar-refractivity contribution in [2.24, 2.45) is 0 Å². The Labute approximate surface area is 129 Å². The van der Waals surface area contributed by atoms with E-state index >= 15 is 0 Å². The molecule has 1 aromatic heterocycles. The van der Waals surface area contributed by atoms with Crippen LogP contribution in [0.4, 0.5) is 5.13 Å². The first-order valence-electron chi connectivity index (χ1n) is 7.19. The van der Waals surface area contributed by atoms with Crippen LogP contribution in [0.25, 0.3) is 11.3 Å². The Hall–Kier alpha value is -1.88. The molecule has 0 N–H and O–H groups in total. The Morgan fingerprint density at radius 1 is 1.19 bits per heavy atom. The summed E-state index contributed by atoms with van der Waals surface area (Å²) in [5.74, 6) is -0.299. The number of hydrogen-bond donors (Lipinski definition) is 0. The molecule has 0 saturated heterocycles. The summed E-state index contributed by atoms with van der Waals surface area (Å²) in [6.45, 7) is 8.06. The summed E-state index contributed by atoms with van der Waals surface area (Å²) in [5, 5.41) is 0.863. The number of carbonyl (C=O) groups is 1. The van der Waals surface area contributed by atoms with E-state index in [-0.39, 0.29) is 5.97 Å². The van der Waals surface area contributed by atoms with Gasteiger partial charge in [0.15, 0.2) is 5.13 Å². The molecule has 0 bridgehead atoms. The van der Waals surface area contributed by atoms with Gasteiger partial charge in [-0.3, -0.25) is 0 Å². The highest BCUT2D eigenvalue weighted by Gasteiger charge is 2.22. The molecule has 0 saturated carbocycles. The molecule has 112 valence electrons. The monoisotopic (exact) mass is 304 g/mol. The van der Waals surface area contributed by atoms with Crippen molar-refractivity contribution < 1.29 is 9.53 Å². The fraction of sp³-hybridized carbons (Fsp3) is 0.375. The van der Waals surface area contributed by atoms with Crippen LogP contribution < -0.4 is 4.90 Å². The summed E-state index contributed by atoms with van der Waals surface area (Å²) in [6.07, 6.45) is 0. The molecule has 0 atom stereocenters. The SMILES string of the molecule is CCOC(=O)c1sc(N(CC)CC)nc1-c1ccccc1. The van der Waals surface area contributed by atoms with Crippen LogP contribution in [0.5, 0.6) is 0 Å². The third-order valence-corrected chi connectivity index (χ3v) is 4.25. The molecule has 1 heterocycles. The largest absolute Gasteiger partial charge is 0.462 e. The number of hydrogen-bond acceptors (Lipinski definition) is 5. The predicted molar refractivity (Wildman–Crippen MR) is 87.1 cm³/mol. The quantitative estimate of drug-likeness (QED) is 0.761. The van der Waals surface area contributed by atoms with Crippen molar-refractivity contribution in [1.82, 2.24) is 4.98 Å². The van der Waals surface area contributed by atoms with Crippen LogP contribution in [-0.4, -0.2) is 30.6 Å². The van der Waals surface area contributed by atoms with E-state index in [4.69, 9.17) is 4.74 Å². The molecule has 0 spiro atoms. The number of anilines is 1. The molecule has 0 fully saturated rings. The number of benzene rings is 1. The van der Waals surface area contributed by atoms with E-state index in [1.807, 2.05) is 37.3 Å². The van der Waals surface area contributed by atoms with Gasteiger partial charge in [-0.25, -0.2) is 9.78 Å².